The molecule has 0 saturated heterocycles. The molecule has 0 fully saturated rings. The fourth-order valence-corrected chi connectivity index (χ4v) is 2.60. The molecule has 32 heavy (non-hydrogen) atoms. The molecule has 0 aliphatic rings. The SMILES string of the molecule is C=C(CC(=O)Nc1ccc(OCC)cc1)NNC(=O)Cc1ccc([N+](=O)[O-])cc1[N+](=O)[O-]. The van der Waals surface area contributed by atoms with E-state index in [0.717, 1.165) is 18.2 Å². The Hall–Kier alpha value is -4.48. The number of benzene rings is 2. The van der Waals surface area contributed by atoms with Gasteiger partial charge in [-0.05, 0) is 37.3 Å². The van der Waals surface area contributed by atoms with Gasteiger partial charge in [-0.25, -0.2) is 0 Å². The van der Waals surface area contributed by atoms with E-state index >= 15 is 0 Å². The number of ether oxygens (including phenoxy) is 1. The van der Waals surface area contributed by atoms with E-state index in [1.165, 1.54) is 0 Å². The summed E-state index contributed by atoms with van der Waals surface area (Å²) in [7, 11) is 0. The van der Waals surface area contributed by atoms with Crippen molar-refractivity contribution in [2.75, 3.05) is 11.9 Å². The first-order chi connectivity index (χ1) is 15.2. The quantitative estimate of drug-likeness (QED) is 0.352. The lowest BCUT2D eigenvalue weighted by molar-refractivity contribution is -0.394. The van der Waals surface area contributed by atoms with Crippen LogP contribution in [-0.2, 0) is 16.0 Å². The van der Waals surface area contributed by atoms with E-state index in [1.54, 1.807) is 24.3 Å². The van der Waals surface area contributed by atoms with Crippen LogP contribution in [-0.4, -0.2) is 28.3 Å². The summed E-state index contributed by atoms with van der Waals surface area (Å²) in [5.74, 6) is -0.366. The van der Waals surface area contributed by atoms with Gasteiger partial charge in [0.2, 0.25) is 11.8 Å². The fourth-order valence-electron chi connectivity index (χ4n) is 2.60. The zero-order valence-electron chi connectivity index (χ0n) is 17.1. The third-order valence-electron chi connectivity index (χ3n) is 4.03. The maximum Gasteiger partial charge on any atom is 0.279 e. The number of amides is 2. The number of nitro groups is 2. The number of nitrogens with one attached hydrogen (secondary N) is 3. The number of non-ortho nitro benzene ring substituents is 1. The molecule has 0 aromatic heterocycles. The van der Waals surface area contributed by atoms with Gasteiger partial charge >= 0.3 is 0 Å². The molecule has 0 radical (unpaired) electrons. The highest BCUT2D eigenvalue weighted by molar-refractivity contribution is 5.92. The van der Waals surface area contributed by atoms with Gasteiger partial charge in [-0.3, -0.25) is 35.2 Å². The van der Waals surface area contributed by atoms with Gasteiger partial charge in [-0.1, -0.05) is 6.58 Å². The van der Waals surface area contributed by atoms with E-state index < -0.39 is 33.5 Å². The number of anilines is 1. The highest BCUT2D eigenvalue weighted by atomic mass is 16.6. The maximum absolute atomic E-state index is 12.1. The number of nitro benzene ring substituents is 2. The minimum Gasteiger partial charge on any atom is -0.494 e. The summed E-state index contributed by atoms with van der Waals surface area (Å²) in [6, 6.07) is 9.80. The average Bonchev–Trinajstić information content (AvgIpc) is 2.73. The second-order valence-corrected chi connectivity index (χ2v) is 6.46. The smallest absolute Gasteiger partial charge is 0.279 e. The third-order valence-corrected chi connectivity index (χ3v) is 4.03. The lowest BCUT2D eigenvalue weighted by Crippen LogP contribution is -2.38. The van der Waals surface area contributed by atoms with Crippen molar-refractivity contribution in [1.29, 1.82) is 0 Å². The summed E-state index contributed by atoms with van der Waals surface area (Å²) in [4.78, 5) is 44.5. The van der Waals surface area contributed by atoms with Crippen molar-refractivity contribution in [2.45, 2.75) is 19.8 Å². The maximum atomic E-state index is 12.1. The first kappa shape index (κ1) is 23.8. The van der Waals surface area contributed by atoms with Crippen LogP contribution in [0, 0.1) is 20.2 Å². The molecular formula is C20H21N5O7. The minimum absolute atomic E-state index is 0.00115. The topological polar surface area (TPSA) is 166 Å². The standard InChI is InChI=1S/C20H21N5O7/c1-3-32-17-8-5-15(6-9-17)21-19(26)10-13(2)22-23-20(27)11-14-4-7-16(24(28)29)12-18(14)25(30)31/h4-9,12,22H,2-3,10-11H2,1H3,(H,21,26)(H,23,27). The van der Waals surface area contributed by atoms with E-state index in [-0.39, 0.29) is 23.6 Å². The van der Waals surface area contributed by atoms with Crippen LogP contribution in [0.2, 0.25) is 0 Å². The van der Waals surface area contributed by atoms with Gasteiger partial charge in [0.1, 0.15) is 5.75 Å². The molecule has 12 nitrogen and oxygen atoms in total. The molecule has 0 saturated carbocycles. The van der Waals surface area contributed by atoms with Crippen LogP contribution in [0.3, 0.4) is 0 Å². The largest absolute Gasteiger partial charge is 0.494 e. The molecule has 12 heteroatoms. The Morgan fingerprint density at radius 2 is 1.69 bits per heavy atom. The number of hydrogen-bond acceptors (Lipinski definition) is 8. The second kappa shape index (κ2) is 11.1. The number of nitrogens with zero attached hydrogens (tertiary/aromatic N) is 2. The number of carbonyl (C=O) groups excluding carboxylic acids is 2. The number of hydrazine groups is 1. The van der Waals surface area contributed by atoms with E-state index in [9.17, 15) is 29.8 Å². The van der Waals surface area contributed by atoms with E-state index in [4.69, 9.17) is 4.74 Å². The molecule has 0 heterocycles. The summed E-state index contributed by atoms with van der Waals surface area (Å²) in [5.41, 5.74) is 4.50. The van der Waals surface area contributed by atoms with Crippen LogP contribution in [0.1, 0.15) is 18.9 Å². The van der Waals surface area contributed by atoms with E-state index in [2.05, 4.69) is 22.7 Å². The molecule has 0 spiro atoms. The van der Waals surface area contributed by atoms with Gasteiger partial charge in [0.15, 0.2) is 0 Å². The van der Waals surface area contributed by atoms with Crippen LogP contribution < -0.4 is 20.9 Å². The van der Waals surface area contributed by atoms with Crippen LogP contribution in [0.25, 0.3) is 0 Å². The summed E-state index contributed by atoms with van der Waals surface area (Å²) in [6.45, 7) is 6.03. The molecule has 0 bridgehead atoms. The molecule has 2 aromatic rings. The highest BCUT2D eigenvalue weighted by Gasteiger charge is 2.21. The average molecular weight is 443 g/mol. The van der Waals surface area contributed by atoms with Crippen molar-refractivity contribution in [3.8, 4) is 5.75 Å². The minimum atomic E-state index is -0.798. The first-order valence-electron chi connectivity index (χ1n) is 9.36. The van der Waals surface area contributed by atoms with Gasteiger partial charge < -0.3 is 15.5 Å². The Balaban J connectivity index is 1.85. The van der Waals surface area contributed by atoms with E-state index in [0.29, 0.717) is 18.0 Å². The molecule has 2 amide bonds. The monoisotopic (exact) mass is 443 g/mol. The van der Waals surface area contributed by atoms with Crippen molar-refractivity contribution in [1.82, 2.24) is 10.9 Å². The molecule has 0 aliphatic carbocycles. The normalized spacial score (nSPS) is 10.0. The van der Waals surface area contributed by atoms with Crippen LogP contribution in [0.15, 0.2) is 54.7 Å². The van der Waals surface area contributed by atoms with Crippen LogP contribution in [0.5, 0.6) is 5.75 Å². The molecule has 2 rings (SSSR count). The Morgan fingerprint density at radius 1 is 1.00 bits per heavy atom. The zero-order chi connectivity index (χ0) is 23.7. The highest BCUT2D eigenvalue weighted by Crippen LogP contribution is 2.25. The van der Waals surface area contributed by atoms with Gasteiger partial charge in [0.05, 0.1) is 35.4 Å². The van der Waals surface area contributed by atoms with Crippen molar-refractivity contribution < 1.29 is 24.2 Å². The van der Waals surface area contributed by atoms with Crippen molar-refractivity contribution >= 4 is 28.9 Å². The van der Waals surface area contributed by atoms with Crippen molar-refractivity contribution in [3.05, 3.63) is 80.5 Å². The number of rotatable bonds is 11. The molecule has 0 aliphatic heterocycles. The summed E-state index contributed by atoms with van der Waals surface area (Å²) in [5, 5.41) is 24.6. The predicted octanol–water partition coefficient (Wildman–Crippen LogP) is 2.61. The molecule has 3 N–H and O–H groups in total. The van der Waals surface area contributed by atoms with Crippen molar-refractivity contribution in [3.63, 3.8) is 0 Å². The third kappa shape index (κ3) is 7.09. The summed E-state index contributed by atoms with van der Waals surface area (Å²) in [6.07, 6.45) is -0.557. The second-order valence-electron chi connectivity index (χ2n) is 6.46. The molecule has 0 atom stereocenters. The van der Waals surface area contributed by atoms with Crippen LogP contribution >= 0.6 is 0 Å². The molecule has 0 unspecified atom stereocenters. The molecule has 168 valence electrons. The van der Waals surface area contributed by atoms with Crippen LogP contribution in [0.4, 0.5) is 17.1 Å². The lowest BCUT2D eigenvalue weighted by Gasteiger charge is -2.12. The molecular weight excluding hydrogens is 422 g/mol. The van der Waals surface area contributed by atoms with Gasteiger partial charge in [0, 0.05) is 23.0 Å². The van der Waals surface area contributed by atoms with Crippen molar-refractivity contribution in [2.24, 2.45) is 0 Å². The number of carbonyl (C=O) groups is 2. The zero-order valence-corrected chi connectivity index (χ0v) is 17.1. The first-order valence-corrected chi connectivity index (χ1v) is 9.36. The van der Waals surface area contributed by atoms with E-state index in [1.807, 2.05) is 6.92 Å². The molecule has 2 aromatic carbocycles. The lowest BCUT2D eigenvalue weighted by atomic mass is 10.1. The Morgan fingerprint density at radius 3 is 2.28 bits per heavy atom. The Bertz CT molecular complexity index is 1040. The fraction of sp³-hybridized carbons (Fsp3) is 0.200. The summed E-state index contributed by atoms with van der Waals surface area (Å²) >= 11 is 0. The van der Waals surface area contributed by atoms with Gasteiger partial charge in [-0.2, -0.15) is 0 Å². The summed E-state index contributed by atoms with van der Waals surface area (Å²) < 4.78 is 5.32. The predicted molar refractivity (Wildman–Crippen MR) is 115 cm³/mol. The van der Waals surface area contributed by atoms with Gasteiger partial charge in [0.25, 0.3) is 11.4 Å². The Kier molecular flexibility index (Phi) is 8.22. The van der Waals surface area contributed by atoms with Gasteiger partial charge in [-0.15, -0.1) is 0 Å². The number of hydrogen-bond donors (Lipinski definition) is 3. The Labute approximate surface area is 182 Å².